The summed E-state index contributed by atoms with van der Waals surface area (Å²) in [6.07, 6.45) is 3.31. The normalized spacial score (nSPS) is 20.8. The van der Waals surface area contributed by atoms with Gasteiger partial charge in [-0.25, -0.2) is 0 Å². The van der Waals surface area contributed by atoms with E-state index in [0.29, 0.717) is 43.2 Å². The molecular weight excluding hydrogens is 386 g/mol. The van der Waals surface area contributed by atoms with Crippen molar-refractivity contribution < 1.29 is 14.5 Å². The predicted octanol–water partition coefficient (Wildman–Crippen LogP) is 1.80. The van der Waals surface area contributed by atoms with Gasteiger partial charge in [-0.3, -0.25) is 19.7 Å². The highest BCUT2D eigenvalue weighted by atomic mass is 16.6. The van der Waals surface area contributed by atoms with E-state index in [2.05, 4.69) is 17.3 Å². The molecule has 1 saturated carbocycles. The van der Waals surface area contributed by atoms with Crippen molar-refractivity contribution in [3.8, 4) is 0 Å². The second-order valence-corrected chi connectivity index (χ2v) is 8.60. The lowest BCUT2D eigenvalue weighted by Gasteiger charge is -2.37. The molecule has 2 heterocycles. The monoisotopic (exact) mass is 415 g/mol. The molecule has 0 radical (unpaired) electrons. The molecule has 3 aliphatic rings. The number of hydrogen-bond donors (Lipinski definition) is 1. The van der Waals surface area contributed by atoms with E-state index in [9.17, 15) is 19.7 Å². The standard InChI is InChI=1S/C21H29N5O4/c1-23-10-12-25(13-11-23)20(27)15-6-8-24(9-7-15)21(28)16-2-5-18(22-17-3-4-17)19(14-16)26(29)30/h2,5,14-15,17,22H,3-4,6-13H2,1H3. The summed E-state index contributed by atoms with van der Waals surface area (Å²) in [6.45, 7) is 4.32. The third kappa shape index (κ3) is 4.56. The Kier molecular flexibility index (Phi) is 5.90. The largest absolute Gasteiger partial charge is 0.377 e. The minimum Gasteiger partial charge on any atom is -0.377 e. The number of piperazine rings is 1. The molecule has 3 fully saturated rings. The lowest BCUT2D eigenvalue weighted by Crippen LogP contribution is -2.51. The fraction of sp³-hybridized carbons (Fsp3) is 0.619. The third-order valence-corrected chi connectivity index (χ3v) is 6.32. The van der Waals surface area contributed by atoms with Crippen molar-refractivity contribution in [2.24, 2.45) is 5.92 Å². The van der Waals surface area contributed by atoms with Crippen LogP contribution in [0.1, 0.15) is 36.0 Å². The van der Waals surface area contributed by atoms with Crippen molar-refractivity contribution in [2.45, 2.75) is 31.7 Å². The smallest absolute Gasteiger partial charge is 0.293 e. The fourth-order valence-electron chi connectivity index (χ4n) is 4.18. The number of piperidine rings is 1. The zero-order chi connectivity index (χ0) is 21.3. The third-order valence-electron chi connectivity index (χ3n) is 6.32. The summed E-state index contributed by atoms with van der Waals surface area (Å²) in [6, 6.07) is 4.95. The predicted molar refractivity (Wildman–Crippen MR) is 112 cm³/mol. The summed E-state index contributed by atoms with van der Waals surface area (Å²) >= 11 is 0. The number of amides is 2. The van der Waals surface area contributed by atoms with Gasteiger partial charge in [0.25, 0.3) is 11.6 Å². The van der Waals surface area contributed by atoms with Gasteiger partial charge in [0.1, 0.15) is 5.69 Å². The molecular formula is C21H29N5O4. The minimum atomic E-state index is -0.442. The topological polar surface area (TPSA) is 99.0 Å². The van der Waals surface area contributed by atoms with Crippen LogP contribution in [-0.4, -0.2) is 83.8 Å². The van der Waals surface area contributed by atoms with Crippen molar-refractivity contribution >= 4 is 23.2 Å². The Morgan fingerprint density at radius 3 is 2.27 bits per heavy atom. The van der Waals surface area contributed by atoms with Gasteiger partial charge in [0.2, 0.25) is 5.91 Å². The van der Waals surface area contributed by atoms with E-state index in [-0.39, 0.29) is 23.4 Å². The summed E-state index contributed by atoms with van der Waals surface area (Å²) < 4.78 is 0. The number of anilines is 1. The number of likely N-dealkylation sites (N-methyl/N-ethyl adjacent to an activating group) is 1. The molecule has 0 bridgehead atoms. The second-order valence-electron chi connectivity index (χ2n) is 8.60. The average molecular weight is 415 g/mol. The van der Waals surface area contributed by atoms with E-state index in [1.165, 1.54) is 6.07 Å². The Hall–Kier alpha value is -2.68. The average Bonchev–Trinajstić information content (AvgIpc) is 3.57. The van der Waals surface area contributed by atoms with Crippen LogP contribution in [0.3, 0.4) is 0 Å². The first-order chi connectivity index (χ1) is 14.4. The highest BCUT2D eigenvalue weighted by Gasteiger charge is 2.32. The lowest BCUT2D eigenvalue weighted by molar-refractivity contribution is -0.384. The molecule has 2 saturated heterocycles. The van der Waals surface area contributed by atoms with E-state index in [0.717, 1.165) is 39.0 Å². The Bertz CT molecular complexity index is 825. The molecule has 1 aromatic rings. The maximum atomic E-state index is 12.9. The van der Waals surface area contributed by atoms with Crippen LogP contribution in [0.4, 0.5) is 11.4 Å². The van der Waals surface area contributed by atoms with Crippen molar-refractivity contribution in [1.82, 2.24) is 14.7 Å². The molecule has 0 aromatic heterocycles. The zero-order valence-electron chi connectivity index (χ0n) is 17.4. The Labute approximate surface area is 176 Å². The molecule has 2 aliphatic heterocycles. The van der Waals surface area contributed by atoms with Crippen LogP contribution in [0.15, 0.2) is 18.2 Å². The van der Waals surface area contributed by atoms with Gasteiger partial charge in [0.15, 0.2) is 0 Å². The SMILES string of the molecule is CN1CCN(C(=O)C2CCN(C(=O)c3ccc(NC4CC4)c([N+](=O)[O-])c3)CC2)CC1. The van der Waals surface area contributed by atoms with Crippen LogP contribution in [0.2, 0.25) is 0 Å². The Balaban J connectivity index is 1.36. The number of rotatable bonds is 5. The van der Waals surface area contributed by atoms with E-state index in [1.807, 2.05) is 4.90 Å². The second kappa shape index (κ2) is 8.59. The van der Waals surface area contributed by atoms with Crippen molar-refractivity contribution in [3.63, 3.8) is 0 Å². The molecule has 4 rings (SSSR count). The molecule has 9 heteroatoms. The van der Waals surface area contributed by atoms with Crippen molar-refractivity contribution in [1.29, 1.82) is 0 Å². The molecule has 162 valence electrons. The minimum absolute atomic E-state index is 0.0445. The van der Waals surface area contributed by atoms with Gasteiger partial charge in [0, 0.05) is 62.9 Å². The lowest BCUT2D eigenvalue weighted by atomic mass is 9.94. The van der Waals surface area contributed by atoms with Crippen LogP contribution >= 0.6 is 0 Å². The maximum Gasteiger partial charge on any atom is 0.293 e. The van der Waals surface area contributed by atoms with Gasteiger partial charge >= 0.3 is 0 Å². The van der Waals surface area contributed by atoms with E-state index < -0.39 is 4.92 Å². The molecule has 1 aromatic carbocycles. The van der Waals surface area contributed by atoms with Crippen LogP contribution in [0.25, 0.3) is 0 Å². The summed E-state index contributed by atoms with van der Waals surface area (Å²) in [4.78, 5) is 42.6. The van der Waals surface area contributed by atoms with E-state index in [1.54, 1.807) is 17.0 Å². The van der Waals surface area contributed by atoms with Crippen LogP contribution < -0.4 is 5.32 Å². The number of nitrogens with one attached hydrogen (secondary N) is 1. The molecule has 0 atom stereocenters. The van der Waals surface area contributed by atoms with Crippen LogP contribution in [0, 0.1) is 16.0 Å². The fourth-order valence-corrected chi connectivity index (χ4v) is 4.18. The van der Waals surface area contributed by atoms with Gasteiger partial charge in [-0.1, -0.05) is 0 Å². The number of carbonyl (C=O) groups is 2. The molecule has 0 spiro atoms. The summed E-state index contributed by atoms with van der Waals surface area (Å²) in [5.41, 5.74) is 0.732. The van der Waals surface area contributed by atoms with Gasteiger partial charge in [0.05, 0.1) is 4.92 Å². The summed E-state index contributed by atoms with van der Waals surface area (Å²) in [7, 11) is 2.06. The number of nitrogens with zero attached hydrogens (tertiary/aromatic N) is 4. The number of likely N-dealkylation sites (tertiary alicyclic amines) is 1. The summed E-state index contributed by atoms with van der Waals surface area (Å²) in [5.74, 6) is -0.0557. The summed E-state index contributed by atoms with van der Waals surface area (Å²) in [5, 5.41) is 14.6. The van der Waals surface area contributed by atoms with Gasteiger partial charge < -0.3 is 20.0 Å². The zero-order valence-corrected chi connectivity index (χ0v) is 17.4. The number of hydrogen-bond acceptors (Lipinski definition) is 6. The first kappa shape index (κ1) is 20.6. The molecule has 1 aliphatic carbocycles. The number of carbonyl (C=O) groups excluding carboxylic acids is 2. The molecule has 2 amide bonds. The van der Waals surface area contributed by atoms with Gasteiger partial charge in [-0.05, 0) is 44.9 Å². The number of nitro benzene ring substituents is 1. The first-order valence-corrected chi connectivity index (χ1v) is 10.7. The van der Waals surface area contributed by atoms with Crippen LogP contribution in [-0.2, 0) is 4.79 Å². The quantitative estimate of drug-likeness (QED) is 0.582. The van der Waals surface area contributed by atoms with Gasteiger partial charge in [-0.2, -0.15) is 0 Å². The van der Waals surface area contributed by atoms with Gasteiger partial charge in [-0.15, -0.1) is 0 Å². The molecule has 9 nitrogen and oxygen atoms in total. The number of nitro groups is 1. The molecule has 0 unspecified atom stereocenters. The molecule has 30 heavy (non-hydrogen) atoms. The number of benzene rings is 1. The Morgan fingerprint density at radius 1 is 1.00 bits per heavy atom. The maximum absolute atomic E-state index is 12.9. The van der Waals surface area contributed by atoms with Crippen molar-refractivity contribution in [3.05, 3.63) is 33.9 Å². The molecule has 1 N–H and O–H groups in total. The highest BCUT2D eigenvalue weighted by molar-refractivity contribution is 5.96. The highest BCUT2D eigenvalue weighted by Crippen LogP contribution is 2.32. The Morgan fingerprint density at radius 2 is 1.67 bits per heavy atom. The van der Waals surface area contributed by atoms with E-state index >= 15 is 0 Å². The van der Waals surface area contributed by atoms with E-state index in [4.69, 9.17) is 0 Å². The van der Waals surface area contributed by atoms with Crippen LogP contribution in [0.5, 0.6) is 0 Å². The first-order valence-electron chi connectivity index (χ1n) is 10.7. The van der Waals surface area contributed by atoms with Crippen molar-refractivity contribution in [2.75, 3.05) is 51.6 Å².